The predicted octanol–water partition coefficient (Wildman–Crippen LogP) is 2.21. The molecule has 0 atom stereocenters. The van der Waals surface area contributed by atoms with Crippen molar-refractivity contribution >= 4 is 40.0 Å². The third-order valence-corrected chi connectivity index (χ3v) is 2.26. The summed E-state index contributed by atoms with van der Waals surface area (Å²) in [5, 5.41) is 2.64. The number of ketones is 1. The van der Waals surface area contributed by atoms with E-state index in [4.69, 9.17) is 0 Å². The Morgan fingerprint density at radius 1 is 1.29 bits per heavy atom. The Kier molecular flexibility index (Phi) is 4.06. The van der Waals surface area contributed by atoms with Crippen molar-refractivity contribution < 1.29 is 9.59 Å². The van der Waals surface area contributed by atoms with Crippen LogP contribution in [0.25, 0.3) is 0 Å². The van der Waals surface area contributed by atoms with Gasteiger partial charge in [0.05, 0.1) is 6.42 Å². The Hall–Kier alpha value is -0.910. The minimum Gasteiger partial charge on any atom is -0.326 e. The summed E-state index contributed by atoms with van der Waals surface area (Å²) in [5.74, 6) is -0.397. The van der Waals surface area contributed by atoms with Crippen molar-refractivity contribution in [3.63, 3.8) is 0 Å². The van der Waals surface area contributed by atoms with E-state index in [9.17, 15) is 9.59 Å². The molecule has 0 radical (unpaired) electrons. The van der Waals surface area contributed by atoms with E-state index in [1.54, 1.807) is 12.1 Å². The molecule has 3 nitrogen and oxygen atoms in total. The van der Waals surface area contributed by atoms with Gasteiger partial charge in [-0.3, -0.25) is 9.59 Å². The van der Waals surface area contributed by atoms with Gasteiger partial charge in [0.2, 0.25) is 5.91 Å². The smallest absolute Gasteiger partial charge is 0.231 e. The highest BCUT2D eigenvalue weighted by Crippen LogP contribution is 2.11. The fraction of sp³-hybridized carbons (Fsp3) is 0.200. The lowest BCUT2D eigenvalue weighted by molar-refractivity contribution is -0.124. The van der Waals surface area contributed by atoms with Crippen LogP contribution in [0.5, 0.6) is 0 Å². The topological polar surface area (TPSA) is 46.2 Å². The molecule has 4 heteroatoms. The quantitative estimate of drug-likeness (QED) is 0.687. The Labute approximate surface area is 96.0 Å². The van der Waals surface area contributed by atoms with Crippen molar-refractivity contribution in [1.29, 1.82) is 0 Å². The number of Topliss-reactive ketones (excluding diaryl/α,β-unsaturated/α-hetero) is 1. The lowest BCUT2D eigenvalue weighted by Gasteiger charge is -2.03. The number of anilines is 1. The number of hydrogen-bond donors (Lipinski definition) is 1. The van der Waals surface area contributed by atoms with Crippen molar-refractivity contribution in [3.05, 3.63) is 27.8 Å². The molecule has 0 aliphatic heterocycles. The third-order valence-electron chi connectivity index (χ3n) is 1.54. The molecule has 0 aliphatic rings. The minimum absolute atomic E-state index is 0.0635. The summed E-state index contributed by atoms with van der Waals surface area (Å²) in [7, 11) is 0. The van der Waals surface area contributed by atoms with E-state index in [-0.39, 0.29) is 18.1 Å². The van der Waals surface area contributed by atoms with Crippen LogP contribution in [0.1, 0.15) is 13.3 Å². The van der Waals surface area contributed by atoms with Crippen LogP contribution in [0.2, 0.25) is 0 Å². The van der Waals surface area contributed by atoms with Gasteiger partial charge in [0.15, 0.2) is 0 Å². The number of nitrogens with one attached hydrogen (secondary N) is 1. The maximum Gasteiger partial charge on any atom is 0.231 e. The fourth-order valence-electron chi connectivity index (χ4n) is 0.965. The summed E-state index contributed by atoms with van der Waals surface area (Å²) in [6, 6.07) is 7.40. The Morgan fingerprint density at radius 3 is 2.36 bits per heavy atom. The van der Waals surface area contributed by atoms with Gasteiger partial charge in [0, 0.05) is 9.26 Å². The van der Waals surface area contributed by atoms with Crippen LogP contribution in [0.3, 0.4) is 0 Å². The standard InChI is InChI=1S/C10H10INO2/c1-7(13)6-10(14)12-9-4-2-8(11)3-5-9/h2-5H,6H2,1H3,(H,12,14). The third kappa shape index (κ3) is 3.87. The largest absolute Gasteiger partial charge is 0.326 e. The molecule has 0 saturated carbocycles. The molecule has 0 unspecified atom stereocenters. The second-order valence-electron chi connectivity index (χ2n) is 2.93. The summed E-state index contributed by atoms with van der Waals surface area (Å²) >= 11 is 2.18. The molecule has 0 aliphatic carbocycles. The zero-order valence-corrected chi connectivity index (χ0v) is 9.87. The molecule has 14 heavy (non-hydrogen) atoms. The Balaban J connectivity index is 2.56. The van der Waals surface area contributed by atoms with Crippen LogP contribution in [0, 0.1) is 3.57 Å². The first-order valence-corrected chi connectivity index (χ1v) is 5.20. The fourth-order valence-corrected chi connectivity index (χ4v) is 1.32. The molecule has 0 bridgehead atoms. The first kappa shape index (κ1) is 11.2. The van der Waals surface area contributed by atoms with E-state index < -0.39 is 0 Å². The van der Waals surface area contributed by atoms with E-state index in [2.05, 4.69) is 27.9 Å². The average Bonchev–Trinajstić information content (AvgIpc) is 2.07. The highest BCUT2D eigenvalue weighted by Gasteiger charge is 2.04. The number of halogens is 1. The van der Waals surface area contributed by atoms with Crippen LogP contribution in [-0.2, 0) is 9.59 Å². The molecular formula is C10H10INO2. The lowest BCUT2D eigenvalue weighted by atomic mass is 10.2. The molecule has 0 aromatic heterocycles. The molecule has 0 saturated heterocycles. The molecule has 0 fully saturated rings. The van der Waals surface area contributed by atoms with Gasteiger partial charge in [-0.2, -0.15) is 0 Å². The van der Waals surface area contributed by atoms with E-state index in [0.717, 1.165) is 9.26 Å². The van der Waals surface area contributed by atoms with Crippen molar-refractivity contribution in [2.45, 2.75) is 13.3 Å². The first-order chi connectivity index (χ1) is 6.58. The number of hydrogen-bond acceptors (Lipinski definition) is 2. The van der Waals surface area contributed by atoms with Crippen molar-refractivity contribution in [3.8, 4) is 0 Å². The van der Waals surface area contributed by atoms with Gasteiger partial charge in [0.25, 0.3) is 0 Å². The zero-order valence-electron chi connectivity index (χ0n) is 7.71. The van der Waals surface area contributed by atoms with E-state index >= 15 is 0 Å². The molecule has 0 spiro atoms. The van der Waals surface area contributed by atoms with E-state index in [1.807, 2.05) is 12.1 Å². The summed E-state index contributed by atoms with van der Waals surface area (Å²) in [5.41, 5.74) is 0.719. The molecule has 0 heterocycles. The SMILES string of the molecule is CC(=O)CC(=O)Nc1ccc(I)cc1. The monoisotopic (exact) mass is 303 g/mol. The first-order valence-electron chi connectivity index (χ1n) is 4.13. The summed E-state index contributed by atoms with van der Waals surface area (Å²) in [6.45, 7) is 1.40. The van der Waals surface area contributed by atoms with E-state index in [0.29, 0.717) is 0 Å². The predicted molar refractivity (Wildman–Crippen MR) is 63.1 cm³/mol. The Morgan fingerprint density at radius 2 is 1.86 bits per heavy atom. The zero-order chi connectivity index (χ0) is 10.6. The van der Waals surface area contributed by atoms with Crippen LogP contribution in [0.4, 0.5) is 5.69 Å². The lowest BCUT2D eigenvalue weighted by Crippen LogP contribution is -2.14. The second kappa shape index (κ2) is 5.09. The molecule has 1 aromatic rings. The maximum atomic E-state index is 11.2. The highest BCUT2D eigenvalue weighted by molar-refractivity contribution is 14.1. The summed E-state index contributed by atoms with van der Waals surface area (Å²) in [4.78, 5) is 21.8. The average molecular weight is 303 g/mol. The van der Waals surface area contributed by atoms with Crippen molar-refractivity contribution in [2.75, 3.05) is 5.32 Å². The summed E-state index contributed by atoms with van der Waals surface area (Å²) in [6.07, 6.45) is -0.0635. The van der Waals surface area contributed by atoms with Crippen LogP contribution in [0.15, 0.2) is 24.3 Å². The number of carbonyl (C=O) groups is 2. The molecular weight excluding hydrogens is 293 g/mol. The normalized spacial score (nSPS) is 9.57. The van der Waals surface area contributed by atoms with Crippen LogP contribution in [-0.4, -0.2) is 11.7 Å². The van der Waals surface area contributed by atoms with Gasteiger partial charge in [-0.1, -0.05) is 0 Å². The van der Waals surface area contributed by atoms with Gasteiger partial charge >= 0.3 is 0 Å². The second-order valence-corrected chi connectivity index (χ2v) is 4.18. The van der Waals surface area contributed by atoms with E-state index in [1.165, 1.54) is 6.92 Å². The Bertz CT molecular complexity index is 346. The van der Waals surface area contributed by atoms with Crippen LogP contribution >= 0.6 is 22.6 Å². The summed E-state index contributed by atoms with van der Waals surface area (Å²) < 4.78 is 1.10. The van der Waals surface area contributed by atoms with Gasteiger partial charge in [-0.25, -0.2) is 0 Å². The molecule has 1 aromatic carbocycles. The maximum absolute atomic E-state index is 11.2. The number of benzene rings is 1. The van der Waals surface area contributed by atoms with Crippen molar-refractivity contribution in [2.24, 2.45) is 0 Å². The van der Waals surface area contributed by atoms with Crippen molar-refractivity contribution in [1.82, 2.24) is 0 Å². The van der Waals surface area contributed by atoms with Crippen LogP contribution < -0.4 is 5.32 Å². The van der Waals surface area contributed by atoms with Gasteiger partial charge in [-0.05, 0) is 53.8 Å². The molecule has 1 N–H and O–H groups in total. The highest BCUT2D eigenvalue weighted by atomic mass is 127. The number of rotatable bonds is 3. The molecule has 1 amide bonds. The van der Waals surface area contributed by atoms with Gasteiger partial charge < -0.3 is 5.32 Å². The number of carbonyl (C=O) groups excluding carboxylic acids is 2. The number of amides is 1. The molecule has 1 rings (SSSR count). The van der Waals surface area contributed by atoms with Gasteiger partial charge in [-0.15, -0.1) is 0 Å². The van der Waals surface area contributed by atoms with Gasteiger partial charge in [0.1, 0.15) is 5.78 Å². The minimum atomic E-state index is -0.265. The molecule has 74 valence electrons.